The molecule has 0 aliphatic carbocycles. The molecule has 0 saturated carbocycles. The van der Waals surface area contributed by atoms with Crippen LogP contribution in [0.5, 0.6) is 0 Å². The summed E-state index contributed by atoms with van der Waals surface area (Å²) in [5.74, 6) is -1.96. The van der Waals surface area contributed by atoms with Crippen LogP contribution in [-0.2, 0) is 16.0 Å². The summed E-state index contributed by atoms with van der Waals surface area (Å²) in [4.78, 5) is 49.8. The first-order valence-electron chi connectivity index (χ1n) is 7.84. The van der Waals surface area contributed by atoms with Crippen molar-refractivity contribution in [1.29, 1.82) is 0 Å². The number of rotatable bonds is 3. The van der Waals surface area contributed by atoms with Crippen LogP contribution >= 0.6 is 12.2 Å². The molecule has 3 amide bonds. The molecule has 1 N–H and O–H groups in total. The maximum Gasteiger partial charge on any atom is 0.349 e. The van der Waals surface area contributed by atoms with Crippen molar-refractivity contribution < 1.29 is 18.8 Å². The molecule has 2 heterocycles. The quantitative estimate of drug-likeness (QED) is 0.489. The fourth-order valence-corrected chi connectivity index (χ4v) is 3.02. The van der Waals surface area contributed by atoms with Gasteiger partial charge in [-0.1, -0.05) is 25.1 Å². The third-order valence-electron chi connectivity index (χ3n) is 4.12. The number of fused-ring (bicyclic) bond motifs is 1. The number of hydrogen-bond donors (Lipinski definition) is 1. The highest BCUT2D eigenvalue weighted by Crippen LogP contribution is 2.21. The second-order valence-electron chi connectivity index (χ2n) is 5.67. The van der Waals surface area contributed by atoms with Crippen LogP contribution in [0.15, 0.2) is 33.5 Å². The van der Waals surface area contributed by atoms with Crippen molar-refractivity contribution in [1.82, 2.24) is 15.3 Å². The Morgan fingerprint density at radius 1 is 1.23 bits per heavy atom. The van der Waals surface area contributed by atoms with Crippen LogP contribution in [0.3, 0.4) is 0 Å². The van der Waals surface area contributed by atoms with Gasteiger partial charge >= 0.3 is 5.63 Å². The molecule has 3 rings (SSSR count). The molecule has 1 aliphatic rings. The van der Waals surface area contributed by atoms with Gasteiger partial charge in [-0.25, -0.2) is 4.79 Å². The Hall–Kier alpha value is -3.07. The fourth-order valence-electron chi connectivity index (χ4n) is 2.77. The van der Waals surface area contributed by atoms with Gasteiger partial charge in [0.25, 0.3) is 11.8 Å². The predicted octanol–water partition coefficient (Wildman–Crippen LogP) is 0.976. The molecule has 9 heteroatoms. The van der Waals surface area contributed by atoms with Crippen molar-refractivity contribution in [2.75, 3.05) is 7.05 Å². The summed E-state index contributed by atoms with van der Waals surface area (Å²) in [5.41, 5.74) is 2.20. The van der Waals surface area contributed by atoms with Crippen molar-refractivity contribution >= 4 is 46.0 Å². The van der Waals surface area contributed by atoms with E-state index in [4.69, 9.17) is 16.6 Å². The standard InChI is InChI=1S/C17H15N3O5S/c1-3-9-10-6-4-5-7-11(10)25-16(24)14(9)15(23)18-20-13(22)8-12(21)19(2)17(20)26/h4-7H,3,8H2,1-2H3,(H,18,23). The number of aryl methyl sites for hydroxylation is 1. The normalized spacial score (nSPS) is 14.9. The Morgan fingerprint density at radius 2 is 1.92 bits per heavy atom. The maximum absolute atomic E-state index is 12.7. The summed E-state index contributed by atoms with van der Waals surface area (Å²) in [6, 6.07) is 6.88. The first-order chi connectivity index (χ1) is 12.3. The van der Waals surface area contributed by atoms with Crippen LogP contribution in [-0.4, -0.2) is 39.8 Å². The molecule has 26 heavy (non-hydrogen) atoms. The summed E-state index contributed by atoms with van der Waals surface area (Å²) in [6.45, 7) is 1.81. The third-order valence-corrected chi connectivity index (χ3v) is 4.58. The van der Waals surface area contributed by atoms with Crippen molar-refractivity contribution in [3.05, 3.63) is 45.8 Å². The van der Waals surface area contributed by atoms with E-state index in [0.29, 0.717) is 23.0 Å². The van der Waals surface area contributed by atoms with Gasteiger partial charge in [-0.05, 0) is 30.3 Å². The fraction of sp³-hybridized carbons (Fsp3) is 0.235. The van der Waals surface area contributed by atoms with E-state index in [1.807, 2.05) is 0 Å². The average molecular weight is 373 g/mol. The van der Waals surface area contributed by atoms with Crippen LogP contribution in [0.4, 0.5) is 0 Å². The number of hydrazine groups is 1. The Balaban J connectivity index is 2.02. The molecule has 0 bridgehead atoms. The molecular formula is C17H15N3O5S. The zero-order chi connectivity index (χ0) is 19.0. The largest absolute Gasteiger partial charge is 0.422 e. The highest BCUT2D eigenvalue weighted by Gasteiger charge is 2.35. The van der Waals surface area contributed by atoms with Crippen LogP contribution in [0.1, 0.15) is 29.3 Å². The van der Waals surface area contributed by atoms with Gasteiger partial charge in [0, 0.05) is 12.4 Å². The zero-order valence-electron chi connectivity index (χ0n) is 14.1. The Morgan fingerprint density at radius 3 is 2.62 bits per heavy atom. The highest BCUT2D eigenvalue weighted by atomic mass is 32.1. The van der Waals surface area contributed by atoms with Gasteiger partial charge in [0.1, 0.15) is 17.6 Å². The first kappa shape index (κ1) is 17.7. The number of carbonyl (C=O) groups is 3. The van der Waals surface area contributed by atoms with Gasteiger partial charge in [0.2, 0.25) is 11.0 Å². The summed E-state index contributed by atoms with van der Waals surface area (Å²) in [7, 11) is 1.40. The molecule has 1 saturated heterocycles. The van der Waals surface area contributed by atoms with Crippen molar-refractivity contribution in [3.63, 3.8) is 0 Å². The Kier molecular flexibility index (Phi) is 4.56. The molecule has 1 aromatic carbocycles. The summed E-state index contributed by atoms with van der Waals surface area (Å²) in [5, 5.41) is 1.27. The lowest BCUT2D eigenvalue weighted by atomic mass is 10.0. The van der Waals surface area contributed by atoms with E-state index < -0.39 is 29.8 Å². The molecule has 1 aromatic heterocycles. The molecule has 0 unspecified atom stereocenters. The topological polar surface area (TPSA) is 99.9 Å². The number of benzene rings is 1. The predicted molar refractivity (Wildman–Crippen MR) is 96.2 cm³/mol. The van der Waals surface area contributed by atoms with E-state index in [1.54, 1.807) is 31.2 Å². The Labute approximate surface area is 153 Å². The van der Waals surface area contributed by atoms with E-state index in [-0.39, 0.29) is 10.7 Å². The summed E-state index contributed by atoms with van der Waals surface area (Å²) in [6.07, 6.45) is -0.0183. The summed E-state index contributed by atoms with van der Waals surface area (Å²) < 4.78 is 5.22. The van der Waals surface area contributed by atoms with Crippen LogP contribution in [0.25, 0.3) is 11.0 Å². The number of para-hydroxylation sites is 1. The zero-order valence-corrected chi connectivity index (χ0v) is 14.9. The van der Waals surface area contributed by atoms with E-state index in [2.05, 4.69) is 5.43 Å². The van der Waals surface area contributed by atoms with Gasteiger partial charge in [-0.15, -0.1) is 0 Å². The minimum Gasteiger partial charge on any atom is -0.422 e. The van der Waals surface area contributed by atoms with Gasteiger partial charge < -0.3 is 4.42 Å². The second-order valence-corrected chi connectivity index (χ2v) is 6.04. The van der Waals surface area contributed by atoms with Crippen LogP contribution in [0.2, 0.25) is 0 Å². The molecule has 8 nitrogen and oxygen atoms in total. The highest BCUT2D eigenvalue weighted by molar-refractivity contribution is 7.80. The molecule has 0 radical (unpaired) electrons. The number of hydrogen-bond acceptors (Lipinski definition) is 6. The molecule has 1 aliphatic heterocycles. The number of thiocarbonyl (C=S) groups is 1. The molecule has 134 valence electrons. The van der Waals surface area contributed by atoms with Crippen molar-refractivity contribution in [3.8, 4) is 0 Å². The molecule has 2 aromatic rings. The Bertz CT molecular complexity index is 1010. The lowest BCUT2D eigenvalue weighted by Gasteiger charge is -2.32. The average Bonchev–Trinajstić information content (AvgIpc) is 2.62. The molecule has 0 atom stereocenters. The first-order valence-corrected chi connectivity index (χ1v) is 8.25. The maximum atomic E-state index is 12.7. The van der Waals surface area contributed by atoms with E-state index in [9.17, 15) is 19.2 Å². The molecule has 1 fully saturated rings. The number of nitrogens with zero attached hydrogens (tertiary/aromatic N) is 2. The SMILES string of the molecule is CCc1c(C(=O)NN2C(=O)CC(=O)N(C)C2=S)c(=O)oc2ccccc12. The third kappa shape index (κ3) is 2.86. The van der Waals surface area contributed by atoms with E-state index >= 15 is 0 Å². The van der Waals surface area contributed by atoms with Crippen molar-refractivity contribution in [2.45, 2.75) is 19.8 Å². The summed E-state index contributed by atoms with van der Waals surface area (Å²) >= 11 is 5.04. The molecule has 0 spiro atoms. The van der Waals surface area contributed by atoms with Crippen LogP contribution < -0.4 is 11.1 Å². The second kappa shape index (κ2) is 6.68. The minimum atomic E-state index is -0.820. The number of nitrogens with one attached hydrogen (secondary N) is 1. The lowest BCUT2D eigenvalue weighted by molar-refractivity contribution is -0.140. The van der Waals surface area contributed by atoms with Crippen LogP contribution in [0, 0.1) is 0 Å². The molecular weight excluding hydrogens is 358 g/mol. The minimum absolute atomic E-state index is 0.164. The van der Waals surface area contributed by atoms with Gasteiger partial charge in [0.15, 0.2) is 0 Å². The van der Waals surface area contributed by atoms with Crippen molar-refractivity contribution in [2.24, 2.45) is 0 Å². The number of carbonyl (C=O) groups excluding carboxylic acids is 3. The van der Waals surface area contributed by atoms with E-state index in [0.717, 1.165) is 9.91 Å². The van der Waals surface area contributed by atoms with E-state index in [1.165, 1.54) is 7.05 Å². The smallest absolute Gasteiger partial charge is 0.349 e. The monoisotopic (exact) mass is 373 g/mol. The lowest BCUT2D eigenvalue weighted by Crippen LogP contribution is -2.60. The number of amides is 3. The van der Waals surface area contributed by atoms with Gasteiger partial charge in [0.05, 0.1) is 0 Å². The van der Waals surface area contributed by atoms with Gasteiger partial charge in [-0.2, -0.15) is 5.01 Å². The van der Waals surface area contributed by atoms with Gasteiger partial charge in [-0.3, -0.25) is 24.7 Å².